The van der Waals surface area contributed by atoms with E-state index in [1.165, 1.54) is 12.1 Å². The molecule has 7 nitrogen and oxygen atoms in total. The molecule has 0 saturated heterocycles. The van der Waals surface area contributed by atoms with Gasteiger partial charge in [-0.15, -0.1) is 0 Å². The molecule has 0 unspecified atom stereocenters. The summed E-state index contributed by atoms with van der Waals surface area (Å²) < 4.78 is 5.11. The number of esters is 1. The lowest BCUT2D eigenvalue weighted by atomic mass is 10.1. The molecule has 110 valence electrons. The summed E-state index contributed by atoms with van der Waals surface area (Å²) in [5, 5.41) is 10.6. The summed E-state index contributed by atoms with van der Waals surface area (Å²) in [7, 11) is 0. The molecule has 0 aliphatic rings. The average molecular weight is 281 g/mol. The number of likely N-dealkylation sites (N-methyl/N-ethyl adjacent to an activating group) is 1. The van der Waals surface area contributed by atoms with Crippen molar-refractivity contribution in [2.45, 2.75) is 13.8 Å². The van der Waals surface area contributed by atoms with E-state index in [0.29, 0.717) is 6.54 Å². The lowest BCUT2D eigenvalue weighted by Crippen LogP contribution is -2.28. The molecule has 7 heteroatoms. The maximum Gasteiger partial charge on any atom is 0.340 e. The number of anilines is 1. The second kappa shape index (κ2) is 7.44. The molecule has 0 bridgehead atoms. The van der Waals surface area contributed by atoms with E-state index < -0.39 is 10.9 Å². The van der Waals surface area contributed by atoms with Crippen molar-refractivity contribution < 1.29 is 14.5 Å². The summed E-state index contributed by atoms with van der Waals surface area (Å²) in [6.45, 7) is 6.73. The first-order valence-electron chi connectivity index (χ1n) is 6.43. The van der Waals surface area contributed by atoms with Gasteiger partial charge in [0.05, 0.1) is 16.2 Å². The summed E-state index contributed by atoms with van der Waals surface area (Å²) in [4.78, 5) is 23.9. The predicted octanol–water partition coefficient (Wildman–Crippen LogP) is 1.68. The summed E-state index contributed by atoms with van der Waals surface area (Å²) in [5.41, 5.74) is 5.67. The number of nitrogen functional groups attached to an aromatic ring is 1. The smallest absolute Gasteiger partial charge is 0.340 e. The highest BCUT2D eigenvalue weighted by Crippen LogP contribution is 2.20. The van der Waals surface area contributed by atoms with Gasteiger partial charge in [0.2, 0.25) is 0 Å². The van der Waals surface area contributed by atoms with Crippen LogP contribution in [0.3, 0.4) is 0 Å². The fourth-order valence-corrected chi connectivity index (χ4v) is 1.73. The van der Waals surface area contributed by atoms with Crippen molar-refractivity contribution >= 4 is 17.3 Å². The van der Waals surface area contributed by atoms with Gasteiger partial charge in [-0.25, -0.2) is 4.79 Å². The van der Waals surface area contributed by atoms with Crippen molar-refractivity contribution in [3.63, 3.8) is 0 Å². The van der Waals surface area contributed by atoms with Crippen molar-refractivity contribution in [1.82, 2.24) is 4.90 Å². The molecule has 0 aromatic heterocycles. The monoisotopic (exact) mass is 281 g/mol. The van der Waals surface area contributed by atoms with Gasteiger partial charge in [-0.1, -0.05) is 13.8 Å². The minimum Gasteiger partial charge on any atom is -0.461 e. The number of nitrogens with two attached hydrogens (primary N) is 1. The number of benzene rings is 1. The second-order valence-electron chi connectivity index (χ2n) is 4.19. The first-order chi connectivity index (χ1) is 9.49. The molecule has 0 amide bonds. The zero-order valence-corrected chi connectivity index (χ0v) is 11.7. The molecule has 2 N–H and O–H groups in total. The van der Waals surface area contributed by atoms with E-state index in [9.17, 15) is 14.9 Å². The van der Waals surface area contributed by atoms with E-state index >= 15 is 0 Å². The number of carbonyl (C=O) groups is 1. The highest BCUT2D eigenvalue weighted by atomic mass is 16.6. The Bertz CT molecular complexity index is 487. The van der Waals surface area contributed by atoms with Gasteiger partial charge in [-0.05, 0) is 19.2 Å². The van der Waals surface area contributed by atoms with Gasteiger partial charge in [0.1, 0.15) is 6.61 Å². The van der Waals surface area contributed by atoms with Crippen molar-refractivity contribution in [1.29, 1.82) is 0 Å². The van der Waals surface area contributed by atoms with E-state index in [2.05, 4.69) is 4.90 Å². The second-order valence-corrected chi connectivity index (χ2v) is 4.19. The standard InChI is InChI=1S/C13H19N3O4/c1-3-15(4-2)7-8-20-13(17)11-6-5-10(16(18)19)9-12(11)14/h5-6,9H,3-4,7-8,14H2,1-2H3. The van der Waals surface area contributed by atoms with Gasteiger partial charge in [-0.2, -0.15) is 0 Å². The number of nitro benzene ring substituents is 1. The van der Waals surface area contributed by atoms with E-state index in [4.69, 9.17) is 10.5 Å². The molecule has 0 aliphatic heterocycles. The molecule has 20 heavy (non-hydrogen) atoms. The Morgan fingerprint density at radius 1 is 1.40 bits per heavy atom. The van der Waals surface area contributed by atoms with Crippen LogP contribution in [0, 0.1) is 10.1 Å². The minimum atomic E-state index is -0.565. The number of hydrogen-bond donors (Lipinski definition) is 1. The lowest BCUT2D eigenvalue weighted by Gasteiger charge is -2.17. The summed E-state index contributed by atoms with van der Waals surface area (Å²) >= 11 is 0. The van der Waals surface area contributed by atoms with Crippen LogP contribution in [0.5, 0.6) is 0 Å². The van der Waals surface area contributed by atoms with Gasteiger partial charge < -0.3 is 15.4 Å². The molecule has 0 atom stereocenters. The number of rotatable bonds is 7. The molecule has 0 spiro atoms. The van der Waals surface area contributed by atoms with Crippen molar-refractivity contribution in [2.75, 3.05) is 32.0 Å². The van der Waals surface area contributed by atoms with E-state index in [-0.39, 0.29) is 23.5 Å². The Kier molecular flexibility index (Phi) is 5.92. The van der Waals surface area contributed by atoms with Crippen LogP contribution >= 0.6 is 0 Å². The Morgan fingerprint density at radius 2 is 2.05 bits per heavy atom. The zero-order chi connectivity index (χ0) is 15.1. The van der Waals surface area contributed by atoms with E-state index in [1.54, 1.807) is 0 Å². The van der Waals surface area contributed by atoms with Crippen LogP contribution in [0.2, 0.25) is 0 Å². The number of ether oxygens (including phenoxy) is 1. The molecule has 1 aromatic carbocycles. The van der Waals surface area contributed by atoms with Crippen LogP contribution in [-0.2, 0) is 4.74 Å². The third-order valence-electron chi connectivity index (χ3n) is 3.00. The Hall–Kier alpha value is -2.15. The van der Waals surface area contributed by atoms with Crippen molar-refractivity contribution in [3.05, 3.63) is 33.9 Å². The van der Waals surface area contributed by atoms with Crippen LogP contribution in [0.15, 0.2) is 18.2 Å². The number of nitrogens with zero attached hydrogens (tertiary/aromatic N) is 2. The van der Waals surface area contributed by atoms with Crippen LogP contribution in [0.4, 0.5) is 11.4 Å². The molecule has 0 heterocycles. The number of non-ortho nitro benzene ring substituents is 1. The largest absolute Gasteiger partial charge is 0.461 e. The van der Waals surface area contributed by atoms with E-state index in [0.717, 1.165) is 19.2 Å². The first kappa shape index (κ1) is 15.9. The van der Waals surface area contributed by atoms with Crippen LogP contribution in [-0.4, -0.2) is 42.0 Å². The molecule has 1 aromatic rings. The van der Waals surface area contributed by atoms with Crippen LogP contribution < -0.4 is 5.73 Å². The molecular weight excluding hydrogens is 262 g/mol. The Labute approximate surface area is 117 Å². The van der Waals surface area contributed by atoms with E-state index in [1.807, 2.05) is 13.8 Å². The predicted molar refractivity (Wildman–Crippen MR) is 75.6 cm³/mol. The summed E-state index contributed by atoms with van der Waals surface area (Å²) in [6, 6.07) is 3.70. The van der Waals surface area contributed by atoms with Gasteiger partial charge in [0, 0.05) is 18.7 Å². The van der Waals surface area contributed by atoms with Gasteiger partial charge in [0.15, 0.2) is 0 Å². The number of hydrogen-bond acceptors (Lipinski definition) is 6. The van der Waals surface area contributed by atoms with Gasteiger partial charge in [0.25, 0.3) is 5.69 Å². The highest BCUT2D eigenvalue weighted by molar-refractivity contribution is 5.95. The molecular formula is C13H19N3O4. The summed E-state index contributed by atoms with van der Waals surface area (Å²) in [5.74, 6) is -0.565. The average Bonchev–Trinajstić information content (AvgIpc) is 2.43. The van der Waals surface area contributed by atoms with Gasteiger partial charge in [-0.3, -0.25) is 10.1 Å². The quantitative estimate of drug-likeness (QED) is 0.353. The highest BCUT2D eigenvalue weighted by Gasteiger charge is 2.15. The molecule has 0 saturated carbocycles. The normalized spacial score (nSPS) is 10.6. The maximum atomic E-state index is 11.8. The third-order valence-corrected chi connectivity index (χ3v) is 3.00. The fourth-order valence-electron chi connectivity index (χ4n) is 1.73. The van der Waals surface area contributed by atoms with Crippen molar-refractivity contribution in [3.8, 4) is 0 Å². The third kappa shape index (κ3) is 4.20. The topological polar surface area (TPSA) is 98.7 Å². The maximum absolute atomic E-state index is 11.8. The zero-order valence-electron chi connectivity index (χ0n) is 11.7. The molecule has 0 aliphatic carbocycles. The molecule has 0 fully saturated rings. The summed E-state index contributed by atoms with van der Waals surface area (Å²) in [6.07, 6.45) is 0. The Morgan fingerprint density at radius 3 is 2.55 bits per heavy atom. The number of carbonyl (C=O) groups excluding carboxylic acids is 1. The fraction of sp³-hybridized carbons (Fsp3) is 0.462. The first-order valence-corrected chi connectivity index (χ1v) is 6.43. The van der Waals surface area contributed by atoms with Crippen molar-refractivity contribution in [2.24, 2.45) is 0 Å². The molecule has 0 radical (unpaired) electrons. The van der Waals surface area contributed by atoms with Crippen LogP contribution in [0.1, 0.15) is 24.2 Å². The molecule has 1 rings (SSSR count). The van der Waals surface area contributed by atoms with Crippen LogP contribution in [0.25, 0.3) is 0 Å². The lowest BCUT2D eigenvalue weighted by molar-refractivity contribution is -0.384. The number of nitro groups is 1. The Balaban J connectivity index is 2.62. The minimum absolute atomic E-state index is 0.0482. The SMILES string of the molecule is CCN(CC)CCOC(=O)c1ccc([N+](=O)[O-])cc1N. The van der Waals surface area contributed by atoms with Gasteiger partial charge >= 0.3 is 5.97 Å².